The van der Waals surface area contributed by atoms with E-state index < -0.39 is 35.9 Å². The molecule has 2 unspecified atom stereocenters. The molecule has 2 saturated heterocycles. The van der Waals surface area contributed by atoms with E-state index in [1.54, 1.807) is 0 Å². The Morgan fingerprint density at radius 1 is 1.07 bits per heavy atom. The number of nitrogens with one attached hydrogen (secondary N) is 2. The Morgan fingerprint density at radius 2 is 1.80 bits per heavy atom. The van der Waals surface area contributed by atoms with E-state index in [1.807, 2.05) is 0 Å². The van der Waals surface area contributed by atoms with E-state index in [-0.39, 0.29) is 43.4 Å². The number of primary amides is 1. The van der Waals surface area contributed by atoms with Crippen molar-refractivity contribution < 1.29 is 28.7 Å². The molecular weight excluding hydrogens is 518 g/mol. The lowest BCUT2D eigenvalue weighted by molar-refractivity contribution is -0.132. The molecule has 1 saturated carbocycles. The fraction of sp³-hybridized carbons (Fsp3) is 0.667. The van der Waals surface area contributed by atoms with Crippen LogP contribution < -0.4 is 22.1 Å². The molecule has 0 radical (unpaired) electrons. The molecule has 216 valence electrons. The molecule has 2 heterocycles. The third-order valence-electron chi connectivity index (χ3n) is 7.96. The smallest absolute Gasteiger partial charge is 0.413 e. The lowest BCUT2D eigenvalue weighted by Gasteiger charge is -2.23. The number of aliphatic imine (C=N–C) groups is 2. The van der Waals surface area contributed by atoms with Crippen molar-refractivity contribution in [3.8, 4) is 11.8 Å². The number of nitrogens with two attached hydrogens (primary N) is 2. The molecule has 2 aliphatic carbocycles. The second kappa shape index (κ2) is 13.4. The quantitative estimate of drug-likeness (QED) is 0.132. The first-order chi connectivity index (χ1) is 19.2. The number of ether oxygens (including phenoxy) is 1. The second-order valence-electron chi connectivity index (χ2n) is 10.6. The average Bonchev–Trinajstić information content (AvgIpc) is 3.24. The van der Waals surface area contributed by atoms with Crippen LogP contribution in [-0.4, -0.2) is 78.1 Å². The maximum atomic E-state index is 13.2. The predicted octanol–water partition coefficient (Wildman–Crippen LogP) is -0.0304. The van der Waals surface area contributed by atoms with Crippen LogP contribution in [0, 0.1) is 29.6 Å². The standard InChI is InChI=1S/C27H37N7O6/c28-23(36)21-10-6-14-34(21)25(38)20(32-24(37)19-11-12-22(35)31-19)9-5-13-30-26(29)33-27(39)40-15-18-16-7-3-1-2-4-8-17(16)18/h16-19,21H,3-15H2,(H2,28,36)(H,31,35)(H3,29,30,33,39)/t16?,17?,18?,19-,21-/m0/s1. The highest BCUT2D eigenvalue weighted by atomic mass is 16.5. The van der Waals surface area contributed by atoms with E-state index in [9.17, 15) is 24.0 Å². The lowest BCUT2D eigenvalue weighted by atomic mass is 10.1. The normalized spacial score (nSPS) is 27.9. The van der Waals surface area contributed by atoms with Gasteiger partial charge in [0.05, 0.1) is 6.61 Å². The summed E-state index contributed by atoms with van der Waals surface area (Å²) >= 11 is 0. The Bertz CT molecular complexity index is 1140. The molecule has 2 aliphatic heterocycles. The van der Waals surface area contributed by atoms with Crippen molar-refractivity contribution in [2.24, 2.45) is 39.2 Å². The number of rotatable bonds is 9. The highest BCUT2D eigenvalue weighted by molar-refractivity contribution is 6.40. The van der Waals surface area contributed by atoms with Gasteiger partial charge in [-0.2, -0.15) is 0 Å². The zero-order valence-corrected chi connectivity index (χ0v) is 22.5. The van der Waals surface area contributed by atoms with Crippen molar-refractivity contribution in [3.63, 3.8) is 0 Å². The third kappa shape index (κ3) is 7.58. The molecule has 4 atom stereocenters. The van der Waals surface area contributed by atoms with E-state index in [0.717, 1.165) is 25.7 Å². The van der Waals surface area contributed by atoms with Crippen molar-refractivity contribution in [1.29, 1.82) is 0 Å². The van der Waals surface area contributed by atoms with Crippen molar-refractivity contribution in [3.05, 3.63) is 0 Å². The van der Waals surface area contributed by atoms with Crippen LogP contribution in [0.2, 0.25) is 0 Å². The molecule has 40 heavy (non-hydrogen) atoms. The molecule has 3 fully saturated rings. The van der Waals surface area contributed by atoms with Gasteiger partial charge in [-0.3, -0.25) is 29.5 Å². The van der Waals surface area contributed by atoms with Crippen LogP contribution >= 0.6 is 0 Å². The number of nitrogens with zero attached hydrogens (tertiary/aromatic N) is 3. The maximum absolute atomic E-state index is 13.2. The van der Waals surface area contributed by atoms with Gasteiger partial charge in [0.1, 0.15) is 17.8 Å². The van der Waals surface area contributed by atoms with Crippen LogP contribution in [0.3, 0.4) is 0 Å². The van der Waals surface area contributed by atoms with E-state index in [0.29, 0.717) is 50.2 Å². The molecule has 0 aromatic carbocycles. The summed E-state index contributed by atoms with van der Waals surface area (Å²) < 4.78 is 5.35. The van der Waals surface area contributed by atoms with Gasteiger partial charge in [0, 0.05) is 32.4 Å². The Hall–Kier alpha value is -3.95. The highest BCUT2D eigenvalue weighted by Gasteiger charge is 2.49. The number of alkyl carbamates (subject to hydrolysis) is 1. The number of hydrogen-bond acceptors (Lipinski definition) is 7. The molecule has 4 rings (SSSR count). The van der Waals surface area contributed by atoms with E-state index in [4.69, 9.17) is 16.2 Å². The largest absolute Gasteiger partial charge is 0.449 e. The SMILES string of the molecule is NC(=O)[C@@H]1CCCN1C(=O)C(CCCN=C(N)NC(=O)OCC1C2CCC#CCCC21)=NC(=O)[C@@H]1CCC(=O)N1. The number of likely N-dealkylation sites (tertiary alicyclic amines) is 1. The van der Waals surface area contributed by atoms with Gasteiger partial charge in [-0.1, -0.05) is 0 Å². The Balaban J connectivity index is 1.26. The first-order valence-corrected chi connectivity index (χ1v) is 13.9. The van der Waals surface area contributed by atoms with Crippen LogP contribution in [0.15, 0.2) is 9.98 Å². The maximum Gasteiger partial charge on any atom is 0.413 e. The molecule has 4 aliphatic rings. The van der Waals surface area contributed by atoms with Gasteiger partial charge < -0.3 is 26.4 Å². The van der Waals surface area contributed by atoms with E-state index in [1.165, 1.54) is 4.90 Å². The first-order valence-electron chi connectivity index (χ1n) is 13.9. The fourth-order valence-corrected chi connectivity index (χ4v) is 5.77. The number of amides is 5. The number of carbonyl (C=O) groups excluding carboxylic acids is 5. The van der Waals surface area contributed by atoms with Gasteiger partial charge >= 0.3 is 6.09 Å². The molecule has 6 N–H and O–H groups in total. The van der Waals surface area contributed by atoms with Gasteiger partial charge in [0.15, 0.2) is 5.96 Å². The molecule has 0 aromatic heterocycles. The Labute approximate surface area is 232 Å². The molecule has 0 bridgehead atoms. The van der Waals surface area contributed by atoms with Crippen LogP contribution in [-0.2, 0) is 23.9 Å². The van der Waals surface area contributed by atoms with Gasteiger partial charge in [-0.05, 0) is 62.7 Å². The van der Waals surface area contributed by atoms with E-state index >= 15 is 0 Å². The summed E-state index contributed by atoms with van der Waals surface area (Å²) in [7, 11) is 0. The zero-order chi connectivity index (χ0) is 28.6. The molecule has 0 aromatic rings. The molecular formula is C27H37N7O6. The van der Waals surface area contributed by atoms with Crippen LogP contribution in [0.25, 0.3) is 0 Å². The van der Waals surface area contributed by atoms with Gasteiger partial charge in [0.25, 0.3) is 11.8 Å². The highest BCUT2D eigenvalue weighted by Crippen LogP contribution is 2.52. The number of fused-ring (bicyclic) bond motifs is 1. The lowest BCUT2D eigenvalue weighted by Crippen LogP contribution is -2.46. The fourth-order valence-electron chi connectivity index (χ4n) is 5.77. The summed E-state index contributed by atoms with van der Waals surface area (Å²) in [4.78, 5) is 70.8. The predicted molar refractivity (Wildman–Crippen MR) is 144 cm³/mol. The second-order valence-corrected chi connectivity index (χ2v) is 10.6. The Kier molecular flexibility index (Phi) is 9.74. The Morgan fingerprint density at radius 3 is 2.45 bits per heavy atom. The minimum Gasteiger partial charge on any atom is -0.449 e. The first kappa shape index (κ1) is 29.0. The van der Waals surface area contributed by atoms with Gasteiger partial charge in [0.2, 0.25) is 11.8 Å². The van der Waals surface area contributed by atoms with Crippen molar-refractivity contribution in [1.82, 2.24) is 15.5 Å². The van der Waals surface area contributed by atoms with Crippen molar-refractivity contribution >= 4 is 41.4 Å². The van der Waals surface area contributed by atoms with Gasteiger partial charge in [-0.15, -0.1) is 11.8 Å². The summed E-state index contributed by atoms with van der Waals surface area (Å²) in [5, 5.41) is 4.95. The molecule has 13 nitrogen and oxygen atoms in total. The summed E-state index contributed by atoms with van der Waals surface area (Å²) in [6, 6.07) is -1.55. The van der Waals surface area contributed by atoms with Crippen molar-refractivity contribution in [2.75, 3.05) is 19.7 Å². The van der Waals surface area contributed by atoms with Crippen LogP contribution in [0.4, 0.5) is 4.79 Å². The third-order valence-corrected chi connectivity index (χ3v) is 7.96. The molecule has 13 heteroatoms. The summed E-state index contributed by atoms with van der Waals surface area (Å²) in [5.74, 6) is 5.63. The van der Waals surface area contributed by atoms with Crippen LogP contribution in [0.1, 0.15) is 64.2 Å². The van der Waals surface area contributed by atoms with Crippen molar-refractivity contribution in [2.45, 2.75) is 76.3 Å². The summed E-state index contributed by atoms with van der Waals surface area (Å²) in [5.41, 5.74) is 11.2. The van der Waals surface area contributed by atoms with Gasteiger partial charge in [-0.25, -0.2) is 9.79 Å². The minimum absolute atomic E-state index is 0.0386. The average molecular weight is 556 g/mol. The summed E-state index contributed by atoms with van der Waals surface area (Å²) in [6.07, 6.45) is 5.09. The van der Waals surface area contributed by atoms with E-state index in [2.05, 4.69) is 32.5 Å². The number of carbonyl (C=O) groups is 5. The topological polar surface area (TPSA) is 199 Å². The zero-order valence-electron chi connectivity index (χ0n) is 22.5. The number of hydrogen-bond donors (Lipinski definition) is 4. The molecule has 0 spiro atoms. The minimum atomic E-state index is -0.786. The molecule has 5 amide bonds. The van der Waals surface area contributed by atoms with Crippen LogP contribution in [0.5, 0.6) is 0 Å². The number of guanidine groups is 1. The summed E-state index contributed by atoms with van der Waals surface area (Å²) in [6.45, 7) is 0.792. The monoisotopic (exact) mass is 555 g/mol.